The third-order valence-electron chi connectivity index (χ3n) is 3.37. The Kier molecular flexibility index (Phi) is 3.96. The maximum atomic E-state index is 5.24. The molecule has 0 bridgehead atoms. The minimum absolute atomic E-state index is 0.574. The Bertz CT molecular complexity index is 731. The molecule has 21 heavy (non-hydrogen) atoms. The quantitative estimate of drug-likeness (QED) is 0.751. The maximum Gasteiger partial charge on any atom is 0.226 e. The lowest BCUT2D eigenvalue weighted by Gasteiger charge is -1.99. The summed E-state index contributed by atoms with van der Waals surface area (Å²) in [4.78, 5) is 8.89. The van der Waals surface area contributed by atoms with E-state index in [1.54, 1.807) is 6.20 Å². The lowest BCUT2D eigenvalue weighted by molar-refractivity contribution is 0.371. The Hall–Kier alpha value is -2.21. The van der Waals surface area contributed by atoms with Gasteiger partial charge >= 0.3 is 0 Å². The molecule has 0 saturated heterocycles. The van der Waals surface area contributed by atoms with Gasteiger partial charge in [0.25, 0.3) is 0 Å². The van der Waals surface area contributed by atoms with Crippen molar-refractivity contribution in [3.63, 3.8) is 0 Å². The van der Waals surface area contributed by atoms with Gasteiger partial charge in [-0.25, -0.2) is 4.98 Å². The highest BCUT2D eigenvalue weighted by atomic mass is 16.5. The fourth-order valence-corrected chi connectivity index (χ4v) is 2.47. The smallest absolute Gasteiger partial charge is 0.226 e. The number of aromatic nitrogens is 4. The normalized spacial score (nSPS) is 11.3. The zero-order chi connectivity index (χ0) is 14.7. The highest BCUT2D eigenvalue weighted by molar-refractivity contribution is 5.80. The Balaban J connectivity index is 1.92. The predicted octanol–water partition coefficient (Wildman–Crippen LogP) is 2.14. The van der Waals surface area contributed by atoms with Gasteiger partial charge in [0.05, 0.1) is 6.54 Å². The summed E-state index contributed by atoms with van der Waals surface area (Å²) in [7, 11) is 1.94. The Labute approximate surface area is 123 Å². The highest BCUT2D eigenvalue weighted by Crippen LogP contribution is 2.20. The number of fused-ring (bicyclic) bond motifs is 1. The number of nitrogens with zero attached hydrogens (tertiary/aromatic N) is 4. The van der Waals surface area contributed by atoms with Crippen LogP contribution < -0.4 is 5.32 Å². The molecule has 0 aliphatic heterocycles. The molecule has 0 spiro atoms. The van der Waals surface area contributed by atoms with Gasteiger partial charge in [0.2, 0.25) is 5.89 Å². The third kappa shape index (κ3) is 2.80. The number of nitrogens with one attached hydrogen (secondary N) is 1. The molecule has 1 N–H and O–H groups in total. The lowest BCUT2D eigenvalue weighted by Crippen LogP contribution is -2.04. The van der Waals surface area contributed by atoms with Crippen LogP contribution in [0.5, 0.6) is 0 Å². The van der Waals surface area contributed by atoms with E-state index in [-0.39, 0.29) is 0 Å². The average Bonchev–Trinajstić information content (AvgIpc) is 3.07. The predicted molar refractivity (Wildman–Crippen MR) is 79.9 cm³/mol. The van der Waals surface area contributed by atoms with Gasteiger partial charge in [-0.3, -0.25) is 0 Å². The van der Waals surface area contributed by atoms with E-state index in [0.29, 0.717) is 18.3 Å². The molecule has 6 heteroatoms. The Morgan fingerprint density at radius 3 is 3.10 bits per heavy atom. The molecule has 110 valence electrons. The van der Waals surface area contributed by atoms with Crippen LogP contribution in [-0.2, 0) is 19.5 Å². The monoisotopic (exact) mass is 285 g/mol. The van der Waals surface area contributed by atoms with Crippen LogP contribution in [0.15, 0.2) is 29.0 Å². The van der Waals surface area contributed by atoms with Crippen molar-refractivity contribution in [3.8, 4) is 0 Å². The second-order valence-electron chi connectivity index (χ2n) is 5.04. The molecule has 6 nitrogen and oxygen atoms in total. The largest absolute Gasteiger partial charge is 0.339 e. The van der Waals surface area contributed by atoms with Crippen LogP contribution in [0, 0.1) is 0 Å². The summed E-state index contributed by atoms with van der Waals surface area (Å²) in [6.07, 6.45) is 5.73. The number of hydrogen-bond acceptors (Lipinski definition) is 5. The minimum Gasteiger partial charge on any atom is -0.339 e. The van der Waals surface area contributed by atoms with Gasteiger partial charge in [-0.2, -0.15) is 4.98 Å². The van der Waals surface area contributed by atoms with E-state index in [1.165, 1.54) is 5.56 Å². The standard InChI is InChI=1S/C15H19N5O/c1-3-5-14-18-13(19-21-14)10-20-9-11(8-16-2)12-6-4-7-17-15(12)20/h4,6-7,9,16H,3,5,8,10H2,1-2H3. The van der Waals surface area contributed by atoms with E-state index in [9.17, 15) is 0 Å². The second-order valence-corrected chi connectivity index (χ2v) is 5.04. The van der Waals surface area contributed by atoms with Crippen molar-refractivity contribution in [2.75, 3.05) is 7.05 Å². The fourth-order valence-electron chi connectivity index (χ4n) is 2.47. The number of aryl methyl sites for hydroxylation is 1. The topological polar surface area (TPSA) is 68.8 Å². The van der Waals surface area contributed by atoms with Crippen molar-refractivity contribution >= 4 is 11.0 Å². The van der Waals surface area contributed by atoms with Gasteiger partial charge < -0.3 is 14.4 Å². The van der Waals surface area contributed by atoms with Crippen LogP contribution in [-0.4, -0.2) is 26.7 Å². The Morgan fingerprint density at radius 2 is 2.29 bits per heavy atom. The molecule has 0 saturated carbocycles. The summed E-state index contributed by atoms with van der Waals surface area (Å²) in [6.45, 7) is 3.48. The molecule has 0 aliphatic rings. The maximum absolute atomic E-state index is 5.24. The van der Waals surface area contributed by atoms with Crippen molar-refractivity contribution in [1.82, 2.24) is 25.0 Å². The molecule has 0 fully saturated rings. The molecule has 0 atom stereocenters. The molecule has 3 heterocycles. The first-order valence-corrected chi connectivity index (χ1v) is 7.20. The molecule has 3 aromatic heterocycles. The molecular weight excluding hydrogens is 266 g/mol. The molecule has 0 aromatic carbocycles. The van der Waals surface area contributed by atoms with E-state index in [1.807, 2.05) is 13.1 Å². The van der Waals surface area contributed by atoms with E-state index in [0.717, 1.165) is 30.4 Å². The van der Waals surface area contributed by atoms with Crippen LogP contribution in [0.3, 0.4) is 0 Å². The fraction of sp³-hybridized carbons (Fsp3) is 0.400. The lowest BCUT2D eigenvalue weighted by atomic mass is 10.2. The first-order chi connectivity index (χ1) is 10.3. The summed E-state index contributed by atoms with van der Waals surface area (Å²) >= 11 is 0. The van der Waals surface area contributed by atoms with Crippen LogP contribution in [0.2, 0.25) is 0 Å². The average molecular weight is 285 g/mol. The van der Waals surface area contributed by atoms with E-state index < -0.39 is 0 Å². The van der Waals surface area contributed by atoms with Crippen molar-refractivity contribution in [3.05, 3.63) is 41.8 Å². The van der Waals surface area contributed by atoms with E-state index >= 15 is 0 Å². The van der Waals surface area contributed by atoms with Gasteiger partial charge in [0.15, 0.2) is 5.82 Å². The van der Waals surface area contributed by atoms with Crippen molar-refractivity contribution < 1.29 is 4.52 Å². The minimum atomic E-state index is 0.574. The van der Waals surface area contributed by atoms with Gasteiger partial charge in [0, 0.05) is 30.7 Å². The molecular formula is C15H19N5O. The summed E-state index contributed by atoms with van der Waals surface area (Å²) in [5, 5.41) is 8.38. The van der Waals surface area contributed by atoms with Gasteiger partial charge in [-0.1, -0.05) is 12.1 Å². The summed E-state index contributed by atoms with van der Waals surface area (Å²) in [5.41, 5.74) is 2.17. The Morgan fingerprint density at radius 1 is 1.38 bits per heavy atom. The number of rotatable bonds is 6. The zero-order valence-corrected chi connectivity index (χ0v) is 12.3. The molecule has 0 aliphatic carbocycles. The second kappa shape index (κ2) is 6.05. The molecule has 0 amide bonds. The molecule has 3 aromatic rings. The van der Waals surface area contributed by atoms with Crippen molar-refractivity contribution in [2.45, 2.75) is 32.9 Å². The van der Waals surface area contributed by atoms with Gasteiger partial charge in [-0.05, 0) is 31.2 Å². The van der Waals surface area contributed by atoms with Gasteiger partial charge in [0.1, 0.15) is 5.65 Å². The van der Waals surface area contributed by atoms with Gasteiger partial charge in [-0.15, -0.1) is 0 Å². The van der Waals surface area contributed by atoms with Crippen LogP contribution >= 0.6 is 0 Å². The highest BCUT2D eigenvalue weighted by Gasteiger charge is 2.12. The van der Waals surface area contributed by atoms with Crippen LogP contribution in [0.4, 0.5) is 0 Å². The zero-order valence-electron chi connectivity index (χ0n) is 12.3. The van der Waals surface area contributed by atoms with E-state index in [2.05, 4.69) is 44.2 Å². The number of pyridine rings is 1. The molecule has 0 radical (unpaired) electrons. The first kappa shape index (κ1) is 13.8. The van der Waals surface area contributed by atoms with Crippen LogP contribution in [0.25, 0.3) is 11.0 Å². The van der Waals surface area contributed by atoms with Crippen molar-refractivity contribution in [2.24, 2.45) is 0 Å². The summed E-state index contributed by atoms with van der Waals surface area (Å²) < 4.78 is 7.31. The SMILES string of the molecule is CCCc1nc(Cn2cc(CNC)c3cccnc32)no1. The molecule has 3 rings (SSSR count). The summed E-state index contributed by atoms with van der Waals surface area (Å²) in [6, 6.07) is 4.05. The van der Waals surface area contributed by atoms with Crippen molar-refractivity contribution in [1.29, 1.82) is 0 Å². The third-order valence-corrected chi connectivity index (χ3v) is 3.37. The summed E-state index contributed by atoms with van der Waals surface area (Å²) in [5.74, 6) is 1.39. The van der Waals surface area contributed by atoms with E-state index in [4.69, 9.17) is 4.52 Å². The molecule has 0 unspecified atom stereocenters. The number of hydrogen-bond donors (Lipinski definition) is 1. The van der Waals surface area contributed by atoms with Crippen LogP contribution in [0.1, 0.15) is 30.6 Å². The first-order valence-electron chi connectivity index (χ1n) is 7.20.